The summed E-state index contributed by atoms with van der Waals surface area (Å²) in [6, 6.07) is 8.64. The smallest absolute Gasteiger partial charge is 0.238 e. The Morgan fingerprint density at radius 2 is 2.25 bits per heavy atom. The summed E-state index contributed by atoms with van der Waals surface area (Å²) in [5.41, 5.74) is 1.61. The van der Waals surface area contributed by atoms with E-state index >= 15 is 0 Å². The molecule has 4 nitrogen and oxygen atoms in total. The predicted octanol–water partition coefficient (Wildman–Crippen LogP) is 2.03. The van der Waals surface area contributed by atoms with Gasteiger partial charge in [-0.25, -0.2) is 0 Å². The third-order valence-electron chi connectivity index (χ3n) is 7.93. The van der Waals surface area contributed by atoms with Gasteiger partial charge in [-0.05, 0) is 31.0 Å². The molecule has 2 aliphatic carbocycles. The van der Waals surface area contributed by atoms with Crippen molar-refractivity contribution in [3.05, 3.63) is 42.5 Å². The van der Waals surface area contributed by atoms with E-state index in [2.05, 4.69) is 42.1 Å². The average Bonchev–Trinajstić information content (AvgIpc) is 3.08. The van der Waals surface area contributed by atoms with E-state index in [4.69, 9.17) is 4.74 Å². The van der Waals surface area contributed by atoms with E-state index in [1.807, 2.05) is 12.1 Å². The fourth-order valence-corrected chi connectivity index (χ4v) is 7.38. The van der Waals surface area contributed by atoms with Gasteiger partial charge in [0.1, 0.15) is 5.41 Å². The van der Waals surface area contributed by atoms with Gasteiger partial charge in [-0.2, -0.15) is 0 Å². The number of nitrogens with zero attached hydrogens (tertiary/aromatic N) is 1. The van der Waals surface area contributed by atoms with Gasteiger partial charge in [-0.3, -0.25) is 4.79 Å². The van der Waals surface area contributed by atoms with Crippen LogP contribution in [0.3, 0.4) is 0 Å². The maximum Gasteiger partial charge on any atom is 0.238 e. The number of ether oxygens (including phenoxy) is 1. The first kappa shape index (κ1) is 13.6. The van der Waals surface area contributed by atoms with Crippen LogP contribution in [0.4, 0.5) is 5.69 Å². The molecular weight excluding hydrogens is 300 g/mol. The highest BCUT2D eigenvalue weighted by molar-refractivity contribution is 6.07. The number of amides is 1. The number of carbonyl (C=O) groups is 1. The highest BCUT2D eigenvalue weighted by Crippen LogP contribution is 2.73. The molecule has 3 aliphatic heterocycles. The maximum atomic E-state index is 13.4. The number of fused-ring (bicyclic) bond motifs is 5. The summed E-state index contributed by atoms with van der Waals surface area (Å²) < 4.78 is 6.34. The Labute approximate surface area is 141 Å². The minimum atomic E-state index is -0.554. The minimum absolute atomic E-state index is 0.00280. The molecule has 4 fully saturated rings. The average molecular weight is 322 g/mol. The van der Waals surface area contributed by atoms with Crippen molar-refractivity contribution in [2.75, 3.05) is 25.5 Å². The Balaban J connectivity index is 1.69. The van der Waals surface area contributed by atoms with Crippen LogP contribution in [0.15, 0.2) is 36.9 Å². The lowest BCUT2D eigenvalue weighted by atomic mass is 9.51. The van der Waals surface area contributed by atoms with Crippen LogP contribution in [-0.2, 0) is 14.9 Å². The van der Waals surface area contributed by atoms with E-state index < -0.39 is 5.41 Å². The minimum Gasteiger partial charge on any atom is -0.376 e. The van der Waals surface area contributed by atoms with E-state index in [9.17, 15) is 4.79 Å². The Morgan fingerprint density at radius 3 is 3.08 bits per heavy atom. The van der Waals surface area contributed by atoms with Crippen molar-refractivity contribution >= 4 is 11.6 Å². The zero-order chi connectivity index (χ0) is 16.3. The molecule has 6 rings (SSSR count). The largest absolute Gasteiger partial charge is 0.376 e. The van der Waals surface area contributed by atoms with Gasteiger partial charge in [0.05, 0.1) is 12.7 Å². The van der Waals surface area contributed by atoms with Gasteiger partial charge in [0.15, 0.2) is 0 Å². The third kappa shape index (κ3) is 1.12. The molecule has 2 saturated heterocycles. The third-order valence-corrected chi connectivity index (χ3v) is 7.93. The van der Waals surface area contributed by atoms with Crippen LogP contribution in [0.1, 0.15) is 12.0 Å². The molecule has 7 atom stereocenters. The van der Waals surface area contributed by atoms with Crippen molar-refractivity contribution in [3.63, 3.8) is 0 Å². The van der Waals surface area contributed by atoms with Crippen molar-refractivity contribution in [3.8, 4) is 0 Å². The molecular formula is C20H22N2O2. The Morgan fingerprint density at radius 1 is 1.42 bits per heavy atom. The number of carbonyl (C=O) groups excluding carboxylic acids is 1. The van der Waals surface area contributed by atoms with Crippen molar-refractivity contribution in [1.29, 1.82) is 0 Å². The van der Waals surface area contributed by atoms with Gasteiger partial charge < -0.3 is 15.0 Å². The lowest BCUT2D eigenvalue weighted by Gasteiger charge is -2.54. The zero-order valence-electron chi connectivity index (χ0n) is 13.9. The number of benzene rings is 1. The molecule has 24 heavy (non-hydrogen) atoms. The van der Waals surface area contributed by atoms with Crippen molar-refractivity contribution in [2.24, 2.45) is 23.2 Å². The van der Waals surface area contributed by atoms with Crippen LogP contribution >= 0.6 is 0 Å². The van der Waals surface area contributed by atoms with E-state index in [0.717, 1.165) is 30.8 Å². The zero-order valence-corrected chi connectivity index (χ0v) is 13.9. The molecule has 4 heteroatoms. The van der Waals surface area contributed by atoms with Crippen molar-refractivity contribution < 1.29 is 9.53 Å². The molecule has 2 saturated carbocycles. The molecule has 0 aromatic heterocycles. The first-order valence-electron chi connectivity index (χ1n) is 9.01. The number of likely N-dealkylation sites (tertiary alicyclic amines) is 1. The molecule has 1 aromatic rings. The molecule has 3 heterocycles. The van der Waals surface area contributed by atoms with E-state index in [1.165, 1.54) is 0 Å². The van der Waals surface area contributed by atoms with Gasteiger partial charge >= 0.3 is 0 Å². The van der Waals surface area contributed by atoms with Crippen LogP contribution in [0.25, 0.3) is 0 Å². The van der Waals surface area contributed by atoms with Crippen LogP contribution in [0.5, 0.6) is 0 Å². The highest BCUT2D eigenvalue weighted by atomic mass is 16.5. The van der Waals surface area contributed by atoms with E-state index in [-0.39, 0.29) is 23.3 Å². The second kappa shape index (κ2) is 3.94. The summed E-state index contributed by atoms with van der Waals surface area (Å²) in [5, 5.41) is 3.18. The number of rotatable bonds is 1. The number of para-hydroxylation sites is 1. The van der Waals surface area contributed by atoms with E-state index in [1.54, 1.807) is 0 Å². The standard InChI is InChI=1S/C20H22N2O2/c1-3-19-10-22(2)16-11-9-24-15(8-13(11)19)20(17(16)19)12-6-4-5-7-14(12)21-18(20)23/h3-7,11,13,15-17H,1,8-10H2,2H3,(H,21,23)/t11?,13?,15?,16?,17-,19+,20+/m1/s1. The second-order valence-corrected chi connectivity index (χ2v) is 8.40. The second-order valence-electron chi connectivity index (χ2n) is 8.40. The maximum absolute atomic E-state index is 13.4. The number of hydrogen-bond acceptors (Lipinski definition) is 3. The van der Waals surface area contributed by atoms with Gasteiger partial charge in [0.25, 0.3) is 0 Å². The molecule has 4 unspecified atom stereocenters. The molecule has 0 radical (unpaired) electrons. The summed E-state index contributed by atoms with van der Waals surface area (Å²) in [6.45, 7) is 6.06. The fraction of sp³-hybridized carbons (Fsp3) is 0.550. The number of anilines is 1. The van der Waals surface area contributed by atoms with Gasteiger partial charge in [0, 0.05) is 35.5 Å². The summed E-state index contributed by atoms with van der Waals surface area (Å²) in [4.78, 5) is 15.9. The number of hydrogen-bond donors (Lipinski definition) is 1. The first-order valence-corrected chi connectivity index (χ1v) is 9.01. The normalized spacial score (nSPS) is 50.4. The summed E-state index contributed by atoms with van der Waals surface area (Å²) in [6.07, 6.45) is 3.17. The SMILES string of the molecule is C=C[C@]12CN(C)C3C4COC(CC41)[C@]1(C(=O)Nc4ccccc41)[C@H]32. The van der Waals surface area contributed by atoms with Gasteiger partial charge in [0.2, 0.25) is 5.91 Å². The Bertz CT molecular complexity index is 792. The van der Waals surface area contributed by atoms with Crippen molar-refractivity contribution in [1.82, 2.24) is 4.90 Å². The van der Waals surface area contributed by atoms with Gasteiger partial charge in [-0.15, -0.1) is 6.58 Å². The molecule has 1 spiro atoms. The van der Waals surface area contributed by atoms with Crippen LogP contribution < -0.4 is 5.32 Å². The summed E-state index contributed by atoms with van der Waals surface area (Å²) in [5.74, 6) is 1.56. The molecule has 5 aliphatic rings. The quantitative estimate of drug-likeness (QED) is 0.805. The number of piperidine rings is 1. The van der Waals surface area contributed by atoms with Crippen LogP contribution in [0.2, 0.25) is 0 Å². The molecule has 124 valence electrons. The lowest BCUT2D eigenvalue weighted by molar-refractivity contribution is -0.153. The summed E-state index contributed by atoms with van der Waals surface area (Å²) >= 11 is 0. The monoisotopic (exact) mass is 322 g/mol. The van der Waals surface area contributed by atoms with Crippen LogP contribution in [-0.4, -0.2) is 43.2 Å². The molecule has 1 amide bonds. The summed E-state index contributed by atoms with van der Waals surface area (Å²) in [7, 11) is 2.21. The fourth-order valence-electron chi connectivity index (χ4n) is 7.38. The first-order chi connectivity index (χ1) is 11.6. The number of nitrogens with one attached hydrogen (secondary N) is 1. The Hall–Kier alpha value is -1.65. The molecule has 1 N–H and O–H groups in total. The van der Waals surface area contributed by atoms with Gasteiger partial charge in [-0.1, -0.05) is 24.3 Å². The Kier molecular flexibility index (Phi) is 2.24. The van der Waals surface area contributed by atoms with Crippen LogP contribution in [0, 0.1) is 23.2 Å². The lowest BCUT2D eigenvalue weighted by Crippen LogP contribution is -2.62. The van der Waals surface area contributed by atoms with Crippen molar-refractivity contribution in [2.45, 2.75) is 24.0 Å². The van der Waals surface area contributed by atoms with E-state index in [0.29, 0.717) is 17.9 Å². The molecule has 5 bridgehead atoms. The highest BCUT2D eigenvalue weighted by Gasteiger charge is 2.79. The molecule has 1 aromatic carbocycles. The predicted molar refractivity (Wildman–Crippen MR) is 90.6 cm³/mol. The topological polar surface area (TPSA) is 41.6 Å².